The van der Waals surface area contributed by atoms with Gasteiger partial charge < -0.3 is 16.0 Å². The van der Waals surface area contributed by atoms with Crippen LogP contribution in [0.15, 0.2) is 70.5 Å². The lowest BCUT2D eigenvalue weighted by atomic mass is 9.88. The molecule has 1 heterocycles. The number of aliphatic imine (C=N–C) groups is 2. The van der Waals surface area contributed by atoms with E-state index in [1.807, 2.05) is 24.4 Å². The van der Waals surface area contributed by atoms with E-state index < -0.39 is 0 Å². The van der Waals surface area contributed by atoms with E-state index >= 15 is 0 Å². The first kappa shape index (κ1) is 19.5. The van der Waals surface area contributed by atoms with Gasteiger partial charge in [0.2, 0.25) is 0 Å². The molecule has 3 rings (SSSR count). The molecule has 3 N–H and O–H groups in total. The topological polar surface area (TPSA) is 83.1 Å². The molecule has 0 aromatic heterocycles. The summed E-state index contributed by atoms with van der Waals surface area (Å²) >= 11 is 0. The first-order valence-electron chi connectivity index (χ1n) is 9.26. The fourth-order valence-corrected chi connectivity index (χ4v) is 3.35. The quantitative estimate of drug-likeness (QED) is 0.610. The molecule has 0 bridgehead atoms. The third kappa shape index (κ3) is 4.36. The average Bonchev–Trinajstić information content (AvgIpc) is 2.71. The molecule has 1 aromatic carbocycles. The van der Waals surface area contributed by atoms with Crippen LogP contribution >= 0.6 is 0 Å². The Morgan fingerprint density at radius 1 is 1.36 bits per heavy atom. The normalized spacial score (nSPS) is 22.7. The van der Waals surface area contributed by atoms with Gasteiger partial charge in [-0.3, -0.25) is 9.79 Å². The van der Waals surface area contributed by atoms with Crippen LogP contribution in [0.4, 0.5) is 10.1 Å². The van der Waals surface area contributed by atoms with Crippen molar-refractivity contribution in [2.45, 2.75) is 25.3 Å². The number of amidine groups is 1. The fourth-order valence-electron chi connectivity index (χ4n) is 3.35. The molecular weight excluding hydrogens is 357 g/mol. The number of halogens is 1. The molecule has 2 aliphatic rings. The largest absolute Gasteiger partial charge is 0.404 e. The first-order chi connectivity index (χ1) is 13.6. The Balaban J connectivity index is 1.78. The molecule has 1 saturated carbocycles. The fraction of sp³-hybridized carbons (Fsp3) is 0.286. The number of amides is 1. The summed E-state index contributed by atoms with van der Waals surface area (Å²) in [6, 6.07) is 6.06. The van der Waals surface area contributed by atoms with E-state index in [4.69, 9.17) is 5.73 Å². The maximum atomic E-state index is 14.0. The predicted molar refractivity (Wildman–Crippen MR) is 110 cm³/mol. The Morgan fingerprint density at radius 2 is 2.18 bits per heavy atom. The second-order valence-corrected chi connectivity index (χ2v) is 6.52. The molecule has 7 heteroatoms. The van der Waals surface area contributed by atoms with Crippen LogP contribution < -0.4 is 11.1 Å². The highest BCUT2D eigenvalue weighted by Crippen LogP contribution is 2.26. The molecule has 1 aliphatic carbocycles. The molecule has 1 atom stereocenters. The number of para-hydroxylation sites is 1. The van der Waals surface area contributed by atoms with Gasteiger partial charge in [0, 0.05) is 37.3 Å². The standard InChI is InChI=1S/C21H24FN5O/c1-24-20(27-12-5-2-6-13-27)21(28)26-18-11-7-10-17(15(18)14-23)25-19-9-4-3-8-16(19)22/h2-6,8-9,12,14,18H,7,10-11,13,23H2,1H3,(H,26,28). The molecule has 1 unspecified atom stereocenters. The Kier molecular flexibility index (Phi) is 6.37. The number of hydrogen-bond acceptors (Lipinski definition) is 4. The van der Waals surface area contributed by atoms with E-state index in [0.29, 0.717) is 30.1 Å². The van der Waals surface area contributed by atoms with Crippen molar-refractivity contribution >= 4 is 23.1 Å². The maximum absolute atomic E-state index is 14.0. The van der Waals surface area contributed by atoms with Crippen LogP contribution in [-0.4, -0.2) is 42.0 Å². The molecule has 1 amide bonds. The highest BCUT2D eigenvalue weighted by Gasteiger charge is 2.28. The Bertz CT molecular complexity index is 885. The summed E-state index contributed by atoms with van der Waals surface area (Å²) in [5, 5.41) is 3.01. The van der Waals surface area contributed by atoms with E-state index in [1.54, 1.807) is 30.1 Å². The van der Waals surface area contributed by atoms with E-state index in [1.165, 1.54) is 12.3 Å². The molecule has 1 fully saturated rings. The molecule has 1 aliphatic heterocycles. The van der Waals surface area contributed by atoms with E-state index in [0.717, 1.165) is 12.8 Å². The number of nitrogens with one attached hydrogen (secondary N) is 1. The zero-order valence-corrected chi connectivity index (χ0v) is 15.8. The number of benzene rings is 1. The van der Waals surface area contributed by atoms with Gasteiger partial charge in [0.25, 0.3) is 5.91 Å². The maximum Gasteiger partial charge on any atom is 0.287 e. The van der Waals surface area contributed by atoms with Crippen molar-refractivity contribution in [3.8, 4) is 0 Å². The summed E-state index contributed by atoms with van der Waals surface area (Å²) in [5.74, 6) is -0.336. The summed E-state index contributed by atoms with van der Waals surface area (Å²) in [4.78, 5) is 23.2. The van der Waals surface area contributed by atoms with Crippen molar-refractivity contribution in [3.05, 3.63) is 66.3 Å². The van der Waals surface area contributed by atoms with Crippen LogP contribution in [0.25, 0.3) is 0 Å². The Morgan fingerprint density at radius 3 is 2.86 bits per heavy atom. The number of allylic oxidation sites excluding steroid dienone is 2. The van der Waals surface area contributed by atoms with Gasteiger partial charge in [-0.15, -0.1) is 0 Å². The molecular formula is C21H24FN5O. The monoisotopic (exact) mass is 381 g/mol. The first-order valence-corrected chi connectivity index (χ1v) is 9.26. The van der Waals surface area contributed by atoms with Gasteiger partial charge in [-0.2, -0.15) is 0 Å². The van der Waals surface area contributed by atoms with Gasteiger partial charge in [0.05, 0.1) is 11.7 Å². The van der Waals surface area contributed by atoms with Gasteiger partial charge >= 0.3 is 0 Å². The zero-order valence-electron chi connectivity index (χ0n) is 15.8. The lowest BCUT2D eigenvalue weighted by molar-refractivity contribution is -0.115. The van der Waals surface area contributed by atoms with Crippen LogP contribution in [0, 0.1) is 5.82 Å². The summed E-state index contributed by atoms with van der Waals surface area (Å²) in [5.41, 5.74) is 7.53. The van der Waals surface area contributed by atoms with Crippen LogP contribution in [0.2, 0.25) is 0 Å². The third-order valence-electron chi connectivity index (χ3n) is 4.71. The molecule has 1 aromatic rings. The average molecular weight is 381 g/mol. The number of carbonyl (C=O) groups is 1. The molecule has 0 spiro atoms. The van der Waals surface area contributed by atoms with Crippen LogP contribution in [0.1, 0.15) is 19.3 Å². The minimum absolute atomic E-state index is 0.268. The van der Waals surface area contributed by atoms with Crippen LogP contribution in [-0.2, 0) is 4.79 Å². The number of rotatable bonds is 2. The summed E-state index contributed by atoms with van der Waals surface area (Å²) in [7, 11) is 1.59. The Labute approximate surface area is 164 Å². The van der Waals surface area contributed by atoms with Crippen LogP contribution in [0.5, 0.6) is 0 Å². The van der Waals surface area contributed by atoms with Gasteiger partial charge in [0.15, 0.2) is 5.84 Å². The van der Waals surface area contributed by atoms with Crippen molar-refractivity contribution in [1.29, 1.82) is 0 Å². The molecule has 0 saturated heterocycles. The second kappa shape index (κ2) is 9.12. The third-order valence-corrected chi connectivity index (χ3v) is 4.71. The Hall–Kier alpha value is -3.22. The van der Waals surface area contributed by atoms with Crippen molar-refractivity contribution in [3.63, 3.8) is 0 Å². The summed E-state index contributed by atoms with van der Waals surface area (Å²) in [6.07, 6.45) is 11.2. The van der Waals surface area contributed by atoms with Gasteiger partial charge in [0.1, 0.15) is 5.82 Å². The summed E-state index contributed by atoms with van der Waals surface area (Å²) < 4.78 is 14.0. The van der Waals surface area contributed by atoms with Crippen LogP contribution in [0.3, 0.4) is 0 Å². The second-order valence-electron chi connectivity index (χ2n) is 6.52. The molecule has 0 radical (unpaired) electrons. The summed E-state index contributed by atoms with van der Waals surface area (Å²) in [6.45, 7) is 0.584. The SMILES string of the molecule is CN=C(C(=O)NC1CCCC(=Nc2ccccc2F)C1=CN)N1C=CC=CC1. The van der Waals surface area contributed by atoms with E-state index in [9.17, 15) is 9.18 Å². The highest BCUT2D eigenvalue weighted by molar-refractivity contribution is 6.38. The van der Waals surface area contributed by atoms with Gasteiger partial charge in [-0.25, -0.2) is 9.38 Å². The van der Waals surface area contributed by atoms with E-state index in [-0.39, 0.29) is 23.5 Å². The van der Waals surface area contributed by atoms with Crippen molar-refractivity contribution < 1.29 is 9.18 Å². The number of nitrogens with zero attached hydrogens (tertiary/aromatic N) is 3. The predicted octanol–water partition coefficient (Wildman–Crippen LogP) is 2.82. The van der Waals surface area contributed by atoms with Crippen molar-refractivity contribution in [1.82, 2.24) is 10.2 Å². The van der Waals surface area contributed by atoms with Gasteiger partial charge in [-0.05, 0) is 37.5 Å². The number of carbonyl (C=O) groups excluding carboxylic acids is 1. The lowest BCUT2D eigenvalue weighted by Crippen LogP contribution is -2.48. The van der Waals surface area contributed by atoms with Crippen molar-refractivity contribution in [2.24, 2.45) is 15.7 Å². The molecule has 146 valence electrons. The molecule has 6 nitrogen and oxygen atoms in total. The number of nitrogens with two attached hydrogens (primary N) is 1. The smallest absolute Gasteiger partial charge is 0.287 e. The minimum atomic E-state index is -0.386. The lowest BCUT2D eigenvalue weighted by Gasteiger charge is -2.29. The van der Waals surface area contributed by atoms with Gasteiger partial charge in [-0.1, -0.05) is 24.3 Å². The zero-order chi connectivity index (χ0) is 19.9. The molecule has 28 heavy (non-hydrogen) atoms. The number of hydrogen-bond donors (Lipinski definition) is 2. The van der Waals surface area contributed by atoms with Crippen molar-refractivity contribution in [2.75, 3.05) is 13.6 Å². The minimum Gasteiger partial charge on any atom is -0.404 e. The highest BCUT2D eigenvalue weighted by atomic mass is 19.1. The van der Waals surface area contributed by atoms with E-state index in [2.05, 4.69) is 15.3 Å².